The Kier molecular flexibility index (Phi) is 3.49. The molecule has 0 amide bonds. The van der Waals surface area contributed by atoms with Crippen molar-refractivity contribution in [2.24, 2.45) is 0 Å². The van der Waals surface area contributed by atoms with Crippen molar-refractivity contribution in [3.05, 3.63) is 40.5 Å². The first kappa shape index (κ1) is 13.2. The number of nitrogens with one attached hydrogen (secondary N) is 2. The van der Waals surface area contributed by atoms with Crippen LogP contribution in [0.3, 0.4) is 0 Å². The molecule has 5 heteroatoms. The molecule has 3 rings (SSSR count). The second-order valence-electron chi connectivity index (χ2n) is 5.22. The summed E-state index contributed by atoms with van der Waals surface area (Å²) in [6.07, 6.45) is 2.44. The predicted octanol–water partition coefficient (Wildman–Crippen LogP) is 4.06. The highest BCUT2D eigenvalue weighted by atomic mass is 35.5. The van der Waals surface area contributed by atoms with Crippen LogP contribution in [-0.2, 0) is 0 Å². The van der Waals surface area contributed by atoms with Gasteiger partial charge in [0.25, 0.3) is 0 Å². The molecule has 4 nitrogen and oxygen atoms in total. The molecular formula is C15H17ClN4. The monoisotopic (exact) mass is 288 g/mol. The van der Waals surface area contributed by atoms with E-state index in [0.717, 1.165) is 22.8 Å². The number of anilines is 3. The van der Waals surface area contributed by atoms with Gasteiger partial charge in [-0.15, -0.1) is 0 Å². The highest BCUT2D eigenvalue weighted by Gasteiger charge is 2.21. The first-order valence-electron chi connectivity index (χ1n) is 6.75. The van der Waals surface area contributed by atoms with E-state index in [1.165, 1.54) is 12.8 Å². The Bertz CT molecular complexity index is 638. The number of aromatic nitrogens is 2. The van der Waals surface area contributed by atoms with Gasteiger partial charge in [-0.3, -0.25) is 0 Å². The van der Waals surface area contributed by atoms with Crippen molar-refractivity contribution >= 4 is 29.1 Å². The van der Waals surface area contributed by atoms with Gasteiger partial charge in [-0.1, -0.05) is 17.7 Å². The molecule has 20 heavy (non-hydrogen) atoms. The second-order valence-corrected chi connectivity index (χ2v) is 5.66. The van der Waals surface area contributed by atoms with Crippen LogP contribution < -0.4 is 10.6 Å². The van der Waals surface area contributed by atoms with Crippen LogP contribution in [-0.4, -0.2) is 16.0 Å². The largest absolute Gasteiger partial charge is 0.367 e. The van der Waals surface area contributed by atoms with E-state index in [4.69, 9.17) is 11.6 Å². The summed E-state index contributed by atoms with van der Waals surface area (Å²) in [4.78, 5) is 8.93. The van der Waals surface area contributed by atoms with E-state index in [1.54, 1.807) is 0 Å². The van der Waals surface area contributed by atoms with Gasteiger partial charge in [-0.2, -0.15) is 4.98 Å². The molecule has 1 fully saturated rings. The third-order valence-electron chi connectivity index (χ3n) is 3.23. The van der Waals surface area contributed by atoms with E-state index in [2.05, 4.69) is 20.6 Å². The minimum absolute atomic E-state index is 0.574. The second kappa shape index (κ2) is 5.29. The van der Waals surface area contributed by atoms with Crippen LogP contribution in [0, 0.1) is 13.8 Å². The molecule has 1 aliphatic rings. The summed E-state index contributed by atoms with van der Waals surface area (Å²) < 4.78 is 0. The quantitative estimate of drug-likeness (QED) is 0.890. The molecule has 2 N–H and O–H groups in total. The molecule has 104 valence electrons. The van der Waals surface area contributed by atoms with Gasteiger partial charge in [0.05, 0.1) is 0 Å². The number of rotatable bonds is 4. The van der Waals surface area contributed by atoms with Crippen LogP contribution in [0.25, 0.3) is 0 Å². The highest BCUT2D eigenvalue weighted by molar-refractivity contribution is 6.30. The van der Waals surface area contributed by atoms with E-state index in [9.17, 15) is 0 Å². The van der Waals surface area contributed by atoms with Crippen molar-refractivity contribution in [1.29, 1.82) is 0 Å². The third-order valence-corrected chi connectivity index (χ3v) is 3.46. The number of halogens is 1. The summed E-state index contributed by atoms with van der Waals surface area (Å²) in [5.41, 5.74) is 2.97. The van der Waals surface area contributed by atoms with Crippen molar-refractivity contribution in [3.63, 3.8) is 0 Å². The van der Waals surface area contributed by atoms with Crippen molar-refractivity contribution < 1.29 is 0 Å². The van der Waals surface area contributed by atoms with Gasteiger partial charge >= 0.3 is 0 Å². The van der Waals surface area contributed by atoms with Crippen molar-refractivity contribution in [2.75, 3.05) is 10.6 Å². The molecule has 0 saturated heterocycles. The maximum atomic E-state index is 6.03. The predicted molar refractivity (Wildman–Crippen MR) is 82.9 cm³/mol. The fourth-order valence-corrected chi connectivity index (χ4v) is 2.16. The first-order valence-corrected chi connectivity index (χ1v) is 7.13. The molecule has 0 atom stereocenters. The van der Waals surface area contributed by atoms with Crippen LogP contribution in [0.15, 0.2) is 24.3 Å². The van der Waals surface area contributed by atoms with E-state index >= 15 is 0 Å². The smallest absolute Gasteiger partial charge is 0.229 e. The SMILES string of the molecule is Cc1cc(NC2CC2)nc(Nc2cc(Cl)ccc2C)n1. The van der Waals surface area contributed by atoms with E-state index < -0.39 is 0 Å². The first-order chi connectivity index (χ1) is 9.60. The average molecular weight is 289 g/mol. The van der Waals surface area contributed by atoms with Crippen LogP contribution >= 0.6 is 11.6 Å². The number of aryl methyl sites for hydroxylation is 2. The van der Waals surface area contributed by atoms with Crippen LogP contribution in [0.5, 0.6) is 0 Å². The van der Waals surface area contributed by atoms with E-state index in [0.29, 0.717) is 17.0 Å². The summed E-state index contributed by atoms with van der Waals surface area (Å²) in [5, 5.41) is 7.33. The molecule has 2 aromatic rings. The maximum Gasteiger partial charge on any atom is 0.229 e. The lowest BCUT2D eigenvalue weighted by Gasteiger charge is -2.11. The zero-order valence-corrected chi connectivity index (χ0v) is 12.3. The van der Waals surface area contributed by atoms with Crippen molar-refractivity contribution in [1.82, 2.24) is 9.97 Å². The van der Waals surface area contributed by atoms with Crippen molar-refractivity contribution in [2.45, 2.75) is 32.7 Å². The summed E-state index contributed by atoms with van der Waals surface area (Å²) in [5.74, 6) is 1.47. The fourth-order valence-electron chi connectivity index (χ4n) is 1.98. The Morgan fingerprint density at radius 1 is 1.15 bits per heavy atom. The molecule has 0 aliphatic heterocycles. The Labute approximate surface area is 123 Å². The minimum Gasteiger partial charge on any atom is -0.367 e. The van der Waals surface area contributed by atoms with E-state index in [-0.39, 0.29) is 0 Å². The summed E-state index contributed by atoms with van der Waals surface area (Å²) in [7, 11) is 0. The molecule has 0 bridgehead atoms. The number of benzene rings is 1. The normalized spacial score (nSPS) is 14.2. The average Bonchev–Trinajstić information content (AvgIpc) is 3.17. The molecule has 1 saturated carbocycles. The maximum absolute atomic E-state index is 6.03. The lowest BCUT2D eigenvalue weighted by Crippen LogP contribution is -2.07. The zero-order chi connectivity index (χ0) is 14.1. The molecule has 1 heterocycles. The minimum atomic E-state index is 0.574. The van der Waals surface area contributed by atoms with E-state index in [1.807, 2.05) is 38.1 Å². The topological polar surface area (TPSA) is 49.8 Å². The van der Waals surface area contributed by atoms with Gasteiger partial charge < -0.3 is 10.6 Å². The zero-order valence-electron chi connectivity index (χ0n) is 11.6. The van der Waals surface area contributed by atoms with Gasteiger partial charge in [0.15, 0.2) is 0 Å². The Balaban J connectivity index is 1.85. The standard InChI is InChI=1S/C15H17ClN4/c1-9-3-4-11(16)8-13(9)19-15-17-10(2)7-14(20-15)18-12-5-6-12/h3-4,7-8,12H,5-6H2,1-2H3,(H2,17,18,19,20). The Morgan fingerprint density at radius 3 is 2.70 bits per heavy atom. The lowest BCUT2D eigenvalue weighted by atomic mass is 10.2. The summed E-state index contributed by atoms with van der Waals surface area (Å²) in [6, 6.07) is 8.28. The highest BCUT2D eigenvalue weighted by Crippen LogP contribution is 2.26. The number of hydrogen-bond donors (Lipinski definition) is 2. The van der Waals surface area contributed by atoms with Gasteiger partial charge in [-0.25, -0.2) is 4.98 Å². The van der Waals surface area contributed by atoms with Gasteiger partial charge in [-0.05, 0) is 44.4 Å². The van der Waals surface area contributed by atoms with Crippen LogP contribution in [0.2, 0.25) is 5.02 Å². The number of nitrogens with zero attached hydrogens (tertiary/aromatic N) is 2. The van der Waals surface area contributed by atoms with Crippen LogP contribution in [0.4, 0.5) is 17.5 Å². The molecule has 1 aromatic carbocycles. The lowest BCUT2D eigenvalue weighted by molar-refractivity contribution is 1.06. The molecule has 0 spiro atoms. The Morgan fingerprint density at radius 2 is 1.95 bits per heavy atom. The summed E-state index contributed by atoms with van der Waals surface area (Å²) >= 11 is 6.03. The third kappa shape index (κ3) is 3.20. The Hall–Kier alpha value is -1.81. The van der Waals surface area contributed by atoms with Gasteiger partial charge in [0.2, 0.25) is 5.95 Å². The van der Waals surface area contributed by atoms with Gasteiger partial charge in [0.1, 0.15) is 5.82 Å². The molecule has 1 aromatic heterocycles. The summed E-state index contributed by atoms with van der Waals surface area (Å²) in [6.45, 7) is 3.99. The molecule has 0 radical (unpaired) electrons. The van der Waals surface area contributed by atoms with Crippen molar-refractivity contribution in [3.8, 4) is 0 Å². The molecule has 0 unspecified atom stereocenters. The van der Waals surface area contributed by atoms with Crippen LogP contribution in [0.1, 0.15) is 24.1 Å². The van der Waals surface area contributed by atoms with Gasteiger partial charge in [0, 0.05) is 28.5 Å². The number of hydrogen-bond acceptors (Lipinski definition) is 4. The fraction of sp³-hybridized carbons (Fsp3) is 0.333. The molecule has 1 aliphatic carbocycles. The molecular weight excluding hydrogens is 272 g/mol.